The van der Waals surface area contributed by atoms with Crippen molar-refractivity contribution in [2.24, 2.45) is 0 Å². The van der Waals surface area contributed by atoms with E-state index in [-0.39, 0.29) is 0 Å². The smallest absolute Gasteiger partial charge is 0.139 e. The third-order valence-electron chi connectivity index (χ3n) is 8.47. The van der Waals surface area contributed by atoms with Gasteiger partial charge < -0.3 is 14.4 Å². The molecule has 2 N–H and O–H groups in total. The Hall–Kier alpha value is -2.88. The molecule has 1 aliphatic carbocycles. The number of piperazine rings is 1. The number of benzene rings is 3. The Balaban J connectivity index is 1.10. The van der Waals surface area contributed by atoms with E-state index >= 15 is 0 Å². The molecule has 0 saturated carbocycles. The molecule has 1 fully saturated rings. The lowest BCUT2D eigenvalue weighted by Crippen LogP contribution is -3.28. The van der Waals surface area contributed by atoms with E-state index < -0.39 is 0 Å². The second kappa shape index (κ2) is 10.4. The van der Waals surface area contributed by atoms with Gasteiger partial charge in [-0.1, -0.05) is 78.9 Å². The Morgan fingerprint density at radius 1 is 0.686 bits per heavy atom. The van der Waals surface area contributed by atoms with E-state index in [4.69, 9.17) is 0 Å². The number of aryl methyl sites for hydroxylation is 2. The zero-order chi connectivity index (χ0) is 23.5. The van der Waals surface area contributed by atoms with E-state index in [0.717, 1.165) is 0 Å². The quantitative estimate of drug-likeness (QED) is 0.415. The van der Waals surface area contributed by atoms with Crippen LogP contribution < -0.4 is 9.80 Å². The summed E-state index contributed by atoms with van der Waals surface area (Å²) in [6.07, 6.45) is 6.51. The molecule has 0 bridgehead atoms. The van der Waals surface area contributed by atoms with E-state index in [9.17, 15) is 0 Å². The predicted molar refractivity (Wildman–Crippen MR) is 144 cm³/mol. The molecule has 35 heavy (non-hydrogen) atoms. The fraction of sp³-hybridized carbons (Fsp3) is 0.375. The second-order valence-corrected chi connectivity index (χ2v) is 10.6. The highest BCUT2D eigenvalue weighted by Crippen LogP contribution is 2.32. The first-order chi connectivity index (χ1) is 17.4. The van der Waals surface area contributed by atoms with Crippen LogP contribution in [-0.2, 0) is 19.4 Å². The Bertz CT molecular complexity index is 1200. The van der Waals surface area contributed by atoms with Gasteiger partial charge in [-0.2, -0.15) is 0 Å². The molecule has 2 heterocycles. The first-order valence-electron chi connectivity index (χ1n) is 13.8. The predicted octanol–water partition coefficient (Wildman–Crippen LogP) is 3.48. The molecule has 3 aromatic carbocycles. The zero-order valence-electron chi connectivity index (χ0n) is 20.9. The number of para-hydroxylation sites is 1. The van der Waals surface area contributed by atoms with E-state index in [1.54, 1.807) is 21.1 Å². The highest BCUT2D eigenvalue weighted by atomic mass is 15.3. The third kappa shape index (κ3) is 4.68. The minimum absolute atomic E-state index is 0.441. The van der Waals surface area contributed by atoms with Crippen molar-refractivity contribution in [3.63, 3.8) is 0 Å². The standard InChI is InChI=1S/C32H37N3/c1-3-12-26(13-4-1)32(27-14-5-2-6-15-27)34-24-22-33(23-25-34)20-11-21-35-30-18-9-7-16-28(30)29-17-8-10-19-31(29)35/h1-7,9,12-16,18,32H,8,10-11,17,19-25H2/p+2. The van der Waals surface area contributed by atoms with Crippen LogP contribution in [0.5, 0.6) is 0 Å². The SMILES string of the molecule is c1ccc(C(c2ccccc2)[NH+]2CC[NH+](CCCn3c4c(c5ccccc53)CCCC4)CC2)cc1. The largest absolute Gasteiger partial charge is 0.344 e. The van der Waals surface area contributed by atoms with Crippen LogP contribution in [0.4, 0.5) is 0 Å². The fourth-order valence-corrected chi connectivity index (χ4v) is 6.75. The van der Waals surface area contributed by atoms with Gasteiger partial charge >= 0.3 is 0 Å². The van der Waals surface area contributed by atoms with Gasteiger partial charge in [0.25, 0.3) is 0 Å². The maximum atomic E-state index is 2.67. The van der Waals surface area contributed by atoms with Gasteiger partial charge in [0.1, 0.15) is 32.2 Å². The van der Waals surface area contributed by atoms with Gasteiger partial charge in [0.15, 0.2) is 0 Å². The van der Waals surface area contributed by atoms with E-state index in [1.165, 1.54) is 93.4 Å². The van der Waals surface area contributed by atoms with Gasteiger partial charge in [-0.25, -0.2) is 0 Å². The van der Waals surface area contributed by atoms with E-state index in [2.05, 4.69) is 89.5 Å². The molecule has 0 spiro atoms. The van der Waals surface area contributed by atoms with Crippen LogP contribution in [0.25, 0.3) is 10.9 Å². The van der Waals surface area contributed by atoms with E-state index in [0.29, 0.717) is 6.04 Å². The number of hydrogen-bond acceptors (Lipinski definition) is 0. The molecule has 180 valence electrons. The Labute approximate surface area is 210 Å². The summed E-state index contributed by atoms with van der Waals surface area (Å²) in [5.41, 5.74) is 7.64. The number of aromatic nitrogens is 1. The second-order valence-electron chi connectivity index (χ2n) is 10.6. The number of nitrogens with zero attached hydrogens (tertiary/aromatic N) is 1. The molecule has 0 amide bonds. The fourth-order valence-electron chi connectivity index (χ4n) is 6.75. The lowest BCUT2D eigenvalue weighted by molar-refractivity contribution is -1.02. The van der Waals surface area contributed by atoms with Crippen LogP contribution in [0, 0.1) is 0 Å². The number of quaternary nitrogens is 2. The maximum absolute atomic E-state index is 2.67. The first kappa shape index (κ1) is 22.6. The van der Waals surface area contributed by atoms with Crippen LogP contribution in [0.3, 0.4) is 0 Å². The van der Waals surface area contributed by atoms with Gasteiger partial charge in [-0.15, -0.1) is 0 Å². The molecule has 0 atom stereocenters. The summed E-state index contributed by atoms with van der Waals surface area (Å²) in [5, 5.41) is 1.51. The molecule has 4 aromatic rings. The normalized spacial score (nSPS) is 20.3. The van der Waals surface area contributed by atoms with Crippen molar-refractivity contribution >= 4 is 10.9 Å². The Kier molecular flexibility index (Phi) is 6.70. The van der Waals surface area contributed by atoms with Crippen LogP contribution in [0.2, 0.25) is 0 Å². The van der Waals surface area contributed by atoms with Crippen molar-refractivity contribution in [2.45, 2.75) is 44.7 Å². The molecule has 6 rings (SSSR count). The van der Waals surface area contributed by atoms with Crippen LogP contribution in [0.1, 0.15) is 47.7 Å². The highest BCUT2D eigenvalue weighted by molar-refractivity contribution is 5.85. The van der Waals surface area contributed by atoms with E-state index in [1.807, 2.05) is 0 Å². The van der Waals surface area contributed by atoms with Gasteiger partial charge in [0.2, 0.25) is 0 Å². The molecular weight excluding hydrogens is 426 g/mol. The zero-order valence-corrected chi connectivity index (χ0v) is 20.9. The minimum atomic E-state index is 0.441. The number of hydrogen-bond donors (Lipinski definition) is 2. The first-order valence-corrected chi connectivity index (χ1v) is 13.8. The highest BCUT2D eigenvalue weighted by Gasteiger charge is 2.31. The third-order valence-corrected chi connectivity index (χ3v) is 8.47. The summed E-state index contributed by atoms with van der Waals surface area (Å²) in [6, 6.07) is 31.8. The molecule has 3 heteroatoms. The molecule has 0 radical (unpaired) electrons. The summed E-state index contributed by atoms with van der Waals surface area (Å²) in [4.78, 5) is 3.51. The number of fused-ring (bicyclic) bond motifs is 3. The van der Waals surface area contributed by atoms with Gasteiger partial charge in [0, 0.05) is 40.7 Å². The van der Waals surface area contributed by atoms with Crippen molar-refractivity contribution in [3.05, 3.63) is 107 Å². The lowest BCUT2D eigenvalue weighted by atomic mass is 9.95. The summed E-state index contributed by atoms with van der Waals surface area (Å²) in [6.45, 7) is 7.49. The van der Waals surface area contributed by atoms with Crippen LogP contribution >= 0.6 is 0 Å². The van der Waals surface area contributed by atoms with Crippen molar-refractivity contribution in [3.8, 4) is 0 Å². The molecule has 1 aliphatic heterocycles. The summed E-state index contributed by atoms with van der Waals surface area (Å²) < 4.78 is 2.67. The summed E-state index contributed by atoms with van der Waals surface area (Å²) >= 11 is 0. The molecule has 3 nitrogen and oxygen atoms in total. The van der Waals surface area contributed by atoms with Gasteiger partial charge in [0.05, 0.1) is 6.54 Å². The molecule has 2 aliphatic rings. The topological polar surface area (TPSA) is 13.8 Å². The van der Waals surface area contributed by atoms with Crippen molar-refractivity contribution < 1.29 is 9.80 Å². The molecular formula is C32H39N3+2. The monoisotopic (exact) mass is 465 g/mol. The lowest BCUT2D eigenvalue weighted by Gasteiger charge is -2.35. The van der Waals surface area contributed by atoms with Crippen LogP contribution in [0.15, 0.2) is 84.9 Å². The minimum Gasteiger partial charge on any atom is -0.344 e. The van der Waals surface area contributed by atoms with Gasteiger partial charge in [-0.3, -0.25) is 0 Å². The maximum Gasteiger partial charge on any atom is 0.139 e. The average molecular weight is 466 g/mol. The molecule has 1 aromatic heterocycles. The summed E-state index contributed by atoms with van der Waals surface area (Å²) in [7, 11) is 0. The van der Waals surface area contributed by atoms with Crippen molar-refractivity contribution in [2.75, 3.05) is 32.7 Å². The Morgan fingerprint density at radius 3 is 2.03 bits per heavy atom. The van der Waals surface area contributed by atoms with Crippen LogP contribution in [-0.4, -0.2) is 37.3 Å². The Morgan fingerprint density at radius 2 is 1.31 bits per heavy atom. The van der Waals surface area contributed by atoms with Crippen molar-refractivity contribution in [1.82, 2.24) is 4.57 Å². The number of nitrogens with one attached hydrogen (secondary N) is 2. The van der Waals surface area contributed by atoms with Crippen molar-refractivity contribution in [1.29, 1.82) is 0 Å². The molecule has 0 unspecified atom stereocenters. The number of rotatable bonds is 7. The molecule has 1 saturated heterocycles. The average Bonchev–Trinajstić information content (AvgIpc) is 3.25. The van der Waals surface area contributed by atoms with Gasteiger partial charge in [-0.05, 0) is 37.3 Å². The summed E-state index contributed by atoms with van der Waals surface area (Å²) in [5.74, 6) is 0.